The zero-order chi connectivity index (χ0) is 37.1. The van der Waals surface area contributed by atoms with Crippen LogP contribution in [0, 0.1) is 29.1 Å². The van der Waals surface area contributed by atoms with Crippen molar-refractivity contribution in [3.63, 3.8) is 0 Å². The summed E-state index contributed by atoms with van der Waals surface area (Å²) in [5.41, 5.74) is -0.682. The molecule has 4 rings (SSSR count). The van der Waals surface area contributed by atoms with Gasteiger partial charge in [-0.2, -0.15) is 8.42 Å². The molecule has 0 aliphatic carbocycles. The third kappa shape index (κ3) is 11.4. The molecule has 0 aliphatic rings. The molecule has 0 aliphatic heterocycles. The van der Waals surface area contributed by atoms with Gasteiger partial charge in [-0.25, -0.2) is 22.0 Å². The first-order valence-electron chi connectivity index (χ1n) is 15.0. The Balaban J connectivity index is 0.000000362. The van der Waals surface area contributed by atoms with Crippen molar-refractivity contribution >= 4 is 21.0 Å². The van der Waals surface area contributed by atoms with E-state index in [0.717, 1.165) is 17.2 Å². The number of halogens is 5. The second-order valence-electron chi connectivity index (χ2n) is 13.7. The van der Waals surface area contributed by atoms with Gasteiger partial charge in [0.2, 0.25) is 5.82 Å². The molecule has 0 amide bonds. The molecule has 0 fully saturated rings. The predicted molar refractivity (Wildman–Crippen MR) is 179 cm³/mol. The molecule has 0 bridgehead atoms. The Kier molecular flexibility index (Phi) is 12.1. The maximum atomic E-state index is 12.6. The molecule has 0 atom stereocenters. The van der Waals surface area contributed by atoms with Crippen LogP contribution in [-0.2, 0) is 21.0 Å². The van der Waals surface area contributed by atoms with Gasteiger partial charge in [0.1, 0.15) is 34.1 Å². The Morgan fingerprint density at radius 1 is 0.469 bits per heavy atom. The van der Waals surface area contributed by atoms with Crippen molar-refractivity contribution < 1.29 is 49.1 Å². The first-order chi connectivity index (χ1) is 22.4. The SMILES string of the molecule is CC(C)(C)Oc1ccc([S+](c2ccc(OC(C)(C)C)cc2)c2ccc(OC(C)(C)C)cc2)cc1.O=S(=O)(O)c1c(F)c(F)c(F)c(F)c1F. The van der Waals surface area contributed by atoms with Gasteiger partial charge in [0.25, 0.3) is 0 Å². The van der Waals surface area contributed by atoms with Gasteiger partial charge in [-0.3, -0.25) is 4.55 Å². The van der Waals surface area contributed by atoms with E-state index in [9.17, 15) is 30.4 Å². The van der Waals surface area contributed by atoms with Crippen molar-refractivity contribution in [2.24, 2.45) is 0 Å². The van der Waals surface area contributed by atoms with E-state index in [1.54, 1.807) is 0 Å². The highest BCUT2D eigenvalue weighted by Gasteiger charge is 2.33. The van der Waals surface area contributed by atoms with Gasteiger partial charge in [0, 0.05) is 0 Å². The Bertz CT molecular complexity index is 1670. The molecule has 13 heteroatoms. The van der Waals surface area contributed by atoms with E-state index in [1.165, 1.54) is 14.7 Å². The van der Waals surface area contributed by atoms with E-state index < -0.39 is 44.1 Å². The monoisotopic (exact) mass is 727 g/mol. The highest BCUT2D eigenvalue weighted by molar-refractivity contribution is 7.97. The fraction of sp³-hybridized carbons (Fsp3) is 0.333. The van der Waals surface area contributed by atoms with Gasteiger partial charge in [-0.05, 0) is 135 Å². The van der Waals surface area contributed by atoms with E-state index in [1.807, 2.05) is 0 Å². The molecule has 0 saturated carbocycles. The number of ether oxygens (including phenoxy) is 3. The summed E-state index contributed by atoms with van der Waals surface area (Å²) in [5, 5.41) is 0. The second kappa shape index (κ2) is 15.0. The molecule has 0 aromatic heterocycles. The summed E-state index contributed by atoms with van der Waals surface area (Å²) in [5.74, 6) is -9.96. The zero-order valence-corrected chi connectivity index (χ0v) is 30.3. The Labute approximate surface area is 287 Å². The lowest BCUT2D eigenvalue weighted by molar-refractivity contribution is 0.130. The Morgan fingerprint density at radius 2 is 0.694 bits per heavy atom. The minimum atomic E-state index is -5.52. The van der Waals surface area contributed by atoms with Crippen molar-refractivity contribution in [2.45, 2.75) is 98.7 Å². The van der Waals surface area contributed by atoms with Crippen LogP contribution in [0.1, 0.15) is 62.3 Å². The quantitative estimate of drug-likeness (QED) is 0.0671. The first kappa shape index (κ1) is 39.6. The predicted octanol–water partition coefficient (Wildman–Crippen LogP) is 9.94. The summed E-state index contributed by atoms with van der Waals surface area (Å²) >= 11 is 0. The summed E-state index contributed by atoms with van der Waals surface area (Å²) in [6, 6.07) is 25.4. The second-order valence-corrected chi connectivity index (χ2v) is 17.1. The van der Waals surface area contributed by atoms with Gasteiger partial charge >= 0.3 is 10.1 Å². The van der Waals surface area contributed by atoms with Crippen LogP contribution in [0.4, 0.5) is 22.0 Å². The summed E-state index contributed by atoms with van der Waals surface area (Å²) in [4.78, 5) is 1.43. The average Bonchev–Trinajstić information content (AvgIpc) is 2.95. The maximum absolute atomic E-state index is 12.6. The van der Waals surface area contributed by atoms with Crippen molar-refractivity contribution in [3.05, 3.63) is 102 Å². The van der Waals surface area contributed by atoms with Crippen LogP contribution >= 0.6 is 0 Å². The zero-order valence-electron chi connectivity index (χ0n) is 28.6. The molecule has 4 aromatic carbocycles. The molecule has 4 aromatic rings. The molecule has 0 unspecified atom stereocenters. The van der Waals surface area contributed by atoms with Crippen molar-refractivity contribution in [2.75, 3.05) is 0 Å². The topological polar surface area (TPSA) is 82.1 Å². The number of benzene rings is 4. The summed E-state index contributed by atoms with van der Waals surface area (Å²) in [6.45, 7) is 18.6. The lowest BCUT2D eigenvalue weighted by Crippen LogP contribution is -2.23. The lowest BCUT2D eigenvalue weighted by Gasteiger charge is -2.22. The summed E-state index contributed by atoms with van der Waals surface area (Å²) in [6.07, 6.45) is 0. The highest BCUT2D eigenvalue weighted by Crippen LogP contribution is 2.35. The number of rotatable bonds is 7. The Morgan fingerprint density at radius 3 is 0.898 bits per heavy atom. The summed E-state index contributed by atoms with van der Waals surface area (Å²) < 4.78 is 109. The maximum Gasteiger partial charge on any atom is 0.300 e. The van der Waals surface area contributed by atoms with Crippen LogP contribution in [0.5, 0.6) is 17.2 Å². The van der Waals surface area contributed by atoms with Crippen molar-refractivity contribution in [3.8, 4) is 17.2 Å². The fourth-order valence-corrected chi connectivity index (χ4v) is 6.88. The van der Waals surface area contributed by atoms with E-state index in [4.69, 9.17) is 18.8 Å². The third-order valence-corrected chi connectivity index (χ3v) is 8.98. The van der Waals surface area contributed by atoms with E-state index in [2.05, 4.69) is 135 Å². The highest BCUT2D eigenvalue weighted by atomic mass is 32.2. The van der Waals surface area contributed by atoms with Crippen LogP contribution in [0.2, 0.25) is 0 Å². The lowest BCUT2D eigenvalue weighted by atomic mass is 10.2. The average molecular weight is 728 g/mol. The minimum Gasteiger partial charge on any atom is -0.488 e. The van der Waals surface area contributed by atoms with Gasteiger partial charge < -0.3 is 14.2 Å². The van der Waals surface area contributed by atoms with E-state index in [0.29, 0.717) is 0 Å². The molecule has 0 saturated heterocycles. The van der Waals surface area contributed by atoms with Gasteiger partial charge in [0.05, 0.1) is 10.9 Å². The molecule has 1 N–H and O–H groups in total. The third-order valence-electron chi connectivity index (χ3n) is 5.88. The van der Waals surface area contributed by atoms with Crippen LogP contribution in [0.3, 0.4) is 0 Å². The Hall–Kier alpha value is -3.81. The molecule has 266 valence electrons. The van der Waals surface area contributed by atoms with Gasteiger partial charge in [-0.1, -0.05) is 0 Å². The molecular formula is C36H40F5O6S2+. The van der Waals surface area contributed by atoms with Crippen molar-refractivity contribution in [1.29, 1.82) is 0 Å². The standard InChI is InChI=1S/C30H39O3S.C6HF5O3S/c1-28(2,3)31-22-10-16-25(17-11-22)34(26-18-12-23(13-19-26)32-29(4,5)6)27-20-14-24(15-21-27)33-30(7,8)9;7-1-2(8)4(10)6(15(12,13)14)5(11)3(1)9/h10-21H,1-9H3;(H,12,13,14)/q+1;. The van der Waals surface area contributed by atoms with Crippen LogP contribution in [-0.4, -0.2) is 29.8 Å². The fourth-order valence-electron chi connectivity index (χ4n) is 4.21. The molecule has 0 radical (unpaired) electrons. The smallest absolute Gasteiger partial charge is 0.300 e. The van der Waals surface area contributed by atoms with Crippen LogP contribution < -0.4 is 14.2 Å². The van der Waals surface area contributed by atoms with Crippen LogP contribution in [0.15, 0.2) is 92.4 Å². The number of hydrogen-bond donors (Lipinski definition) is 1. The van der Waals surface area contributed by atoms with Gasteiger partial charge in [0.15, 0.2) is 42.9 Å². The van der Waals surface area contributed by atoms with Crippen molar-refractivity contribution in [1.82, 2.24) is 0 Å². The van der Waals surface area contributed by atoms with E-state index in [-0.39, 0.29) is 27.7 Å². The molecule has 6 nitrogen and oxygen atoms in total. The van der Waals surface area contributed by atoms with E-state index >= 15 is 0 Å². The number of hydrogen-bond acceptors (Lipinski definition) is 5. The molecule has 0 heterocycles. The normalized spacial score (nSPS) is 12.3. The largest absolute Gasteiger partial charge is 0.488 e. The van der Waals surface area contributed by atoms with Gasteiger partial charge in [-0.15, -0.1) is 0 Å². The summed E-state index contributed by atoms with van der Waals surface area (Å²) in [7, 11) is -5.80. The van der Waals surface area contributed by atoms with Crippen LogP contribution in [0.25, 0.3) is 0 Å². The molecule has 0 spiro atoms. The molecular weight excluding hydrogens is 688 g/mol. The first-order valence-corrected chi connectivity index (χ1v) is 17.6. The molecule has 49 heavy (non-hydrogen) atoms. The minimum absolute atomic E-state index is 0.227.